The standard InChI is InChI=1S/C15H21N3O/c19-15(18-9-3-4-10-18)16-8-7-12-11-17-14-6-2-1-5-13(12)14/h1-2,5-6,12,17H,3-4,7-11H2,(H,16,19). The predicted molar refractivity (Wildman–Crippen MR) is 76.5 cm³/mol. The van der Waals surface area contributed by atoms with Gasteiger partial charge in [-0.1, -0.05) is 18.2 Å². The monoisotopic (exact) mass is 259 g/mol. The number of carbonyl (C=O) groups is 1. The summed E-state index contributed by atoms with van der Waals surface area (Å²) in [4.78, 5) is 13.8. The van der Waals surface area contributed by atoms with Crippen LogP contribution in [0.15, 0.2) is 24.3 Å². The average Bonchev–Trinajstić information content (AvgIpc) is 3.08. The third-order valence-corrected chi connectivity index (χ3v) is 4.10. The molecule has 4 nitrogen and oxygen atoms in total. The van der Waals surface area contributed by atoms with E-state index in [2.05, 4.69) is 34.9 Å². The van der Waals surface area contributed by atoms with Crippen molar-refractivity contribution in [3.8, 4) is 0 Å². The van der Waals surface area contributed by atoms with E-state index in [1.165, 1.54) is 11.3 Å². The van der Waals surface area contributed by atoms with Crippen molar-refractivity contribution in [2.45, 2.75) is 25.2 Å². The Morgan fingerprint density at radius 2 is 2.11 bits per heavy atom. The predicted octanol–water partition coefficient (Wildman–Crippen LogP) is 2.39. The summed E-state index contributed by atoms with van der Waals surface area (Å²) >= 11 is 0. The molecule has 0 spiro atoms. The third kappa shape index (κ3) is 2.67. The van der Waals surface area contributed by atoms with Crippen molar-refractivity contribution in [3.63, 3.8) is 0 Å². The Morgan fingerprint density at radius 1 is 1.32 bits per heavy atom. The molecule has 2 amide bonds. The zero-order valence-electron chi connectivity index (χ0n) is 11.2. The van der Waals surface area contributed by atoms with Crippen molar-refractivity contribution in [3.05, 3.63) is 29.8 Å². The molecular weight excluding hydrogens is 238 g/mol. The molecule has 1 saturated heterocycles. The van der Waals surface area contributed by atoms with E-state index in [9.17, 15) is 4.79 Å². The number of nitrogens with zero attached hydrogens (tertiary/aromatic N) is 1. The molecule has 4 heteroatoms. The second kappa shape index (κ2) is 5.51. The molecule has 0 bridgehead atoms. The average molecular weight is 259 g/mol. The molecule has 1 unspecified atom stereocenters. The number of likely N-dealkylation sites (tertiary alicyclic amines) is 1. The summed E-state index contributed by atoms with van der Waals surface area (Å²) in [5.74, 6) is 0.523. The van der Waals surface area contributed by atoms with Crippen LogP contribution in [0.1, 0.15) is 30.7 Å². The molecule has 2 aliphatic heterocycles. The number of fused-ring (bicyclic) bond motifs is 1. The highest BCUT2D eigenvalue weighted by Crippen LogP contribution is 2.32. The van der Waals surface area contributed by atoms with Gasteiger partial charge < -0.3 is 15.5 Å². The van der Waals surface area contributed by atoms with E-state index in [1.54, 1.807) is 0 Å². The first-order valence-electron chi connectivity index (χ1n) is 7.20. The van der Waals surface area contributed by atoms with Gasteiger partial charge in [-0.05, 0) is 30.9 Å². The molecule has 1 atom stereocenters. The van der Waals surface area contributed by atoms with E-state index >= 15 is 0 Å². The van der Waals surface area contributed by atoms with Crippen molar-refractivity contribution in [1.82, 2.24) is 10.2 Å². The Hall–Kier alpha value is -1.71. The molecule has 0 aromatic heterocycles. The van der Waals surface area contributed by atoms with Crippen LogP contribution in [0.3, 0.4) is 0 Å². The van der Waals surface area contributed by atoms with E-state index in [1.807, 2.05) is 4.90 Å². The van der Waals surface area contributed by atoms with Gasteiger partial charge in [-0.3, -0.25) is 0 Å². The first-order valence-corrected chi connectivity index (χ1v) is 7.20. The molecule has 102 valence electrons. The third-order valence-electron chi connectivity index (χ3n) is 4.10. The minimum Gasteiger partial charge on any atom is -0.384 e. The van der Waals surface area contributed by atoms with Gasteiger partial charge >= 0.3 is 6.03 Å². The van der Waals surface area contributed by atoms with Crippen LogP contribution in [0.25, 0.3) is 0 Å². The molecular formula is C15H21N3O. The van der Waals surface area contributed by atoms with Crippen LogP contribution in [-0.2, 0) is 0 Å². The molecule has 1 aromatic rings. The lowest BCUT2D eigenvalue weighted by Gasteiger charge is -2.17. The van der Waals surface area contributed by atoms with Crippen LogP contribution in [0.2, 0.25) is 0 Å². The van der Waals surface area contributed by atoms with Crippen molar-refractivity contribution < 1.29 is 4.79 Å². The molecule has 1 aromatic carbocycles. The molecule has 2 aliphatic rings. The highest BCUT2D eigenvalue weighted by molar-refractivity contribution is 5.74. The fourth-order valence-corrected chi connectivity index (χ4v) is 3.00. The molecule has 3 rings (SSSR count). The number of benzene rings is 1. The van der Waals surface area contributed by atoms with E-state index < -0.39 is 0 Å². The van der Waals surface area contributed by atoms with Crippen LogP contribution in [0, 0.1) is 0 Å². The molecule has 2 heterocycles. The number of rotatable bonds is 3. The maximum Gasteiger partial charge on any atom is 0.317 e. The molecule has 1 fully saturated rings. The van der Waals surface area contributed by atoms with Gasteiger partial charge in [0.15, 0.2) is 0 Å². The van der Waals surface area contributed by atoms with Gasteiger partial charge in [0.25, 0.3) is 0 Å². The quantitative estimate of drug-likeness (QED) is 0.875. The zero-order chi connectivity index (χ0) is 13.1. The number of carbonyl (C=O) groups excluding carboxylic acids is 1. The smallest absolute Gasteiger partial charge is 0.317 e. The number of anilines is 1. The largest absolute Gasteiger partial charge is 0.384 e. The van der Waals surface area contributed by atoms with Crippen LogP contribution in [0.5, 0.6) is 0 Å². The summed E-state index contributed by atoms with van der Waals surface area (Å²) in [7, 11) is 0. The maximum atomic E-state index is 11.9. The van der Waals surface area contributed by atoms with Gasteiger partial charge in [0.1, 0.15) is 0 Å². The zero-order valence-corrected chi connectivity index (χ0v) is 11.2. The van der Waals surface area contributed by atoms with Gasteiger partial charge in [-0.2, -0.15) is 0 Å². The minimum atomic E-state index is 0.108. The van der Waals surface area contributed by atoms with Gasteiger partial charge in [0.05, 0.1) is 0 Å². The maximum absolute atomic E-state index is 11.9. The summed E-state index contributed by atoms with van der Waals surface area (Å²) in [6.07, 6.45) is 3.30. The Morgan fingerprint density at radius 3 is 2.95 bits per heavy atom. The summed E-state index contributed by atoms with van der Waals surface area (Å²) < 4.78 is 0. The first-order chi connectivity index (χ1) is 9.34. The number of hydrogen-bond acceptors (Lipinski definition) is 2. The van der Waals surface area contributed by atoms with Crippen LogP contribution < -0.4 is 10.6 Å². The van der Waals surface area contributed by atoms with Crippen molar-refractivity contribution in [2.24, 2.45) is 0 Å². The minimum absolute atomic E-state index is 0.108. The van der Waals surface area contributed by atoms with Crippen molar-refractivity contribution >= 4 is 11.7 Å². The SMILES string of the molecule is O=C(NCCC1CNc2ccccc21)N1CCCC1. The van der Waals surface area contributed by atoms with Gasteiger partial charge in [0.2, 0.25) is 0 Å². The second-order valence-corrected chi connectivity index (χ2v) is 5.38. The highest BCUT2D eigenvalue weighted by atomic mass is 16.2. The molecule has 19 heavy (non-hydrogen) atoms. The van der Waals surface area contributed by atoms with E-state index in [0.29, 0.717) is 5.92 Å². The number of urea groups is 1. The molecule has 2 N–H and O–H groups in total. The highest BCUT2D eigenvalue weighted by Gasteiger charge is 2.22. The van der Waals surface area contributed by atoms with E-state index in [0.717, 1.165) is 45.4 Å². The Labute approximate surface area is 114 Å². The lowest BCUT2D eigenvalue weighted by atomic mass is 9.98. The summed E-state index contributed by atoms with van der Waals surface area (Å²) in [5.41, 5.74) is 2.64. The number of amides is 2. The fourth-order valence-electron chi connectivity index (χ4n) is 3.00. The number of nitrogens with one attached hydrogen (secondary N) is 2. The Bertz CT molecular complexity index is 454. The van der Waals surface area contributed by atoms with Crippen molar-refractivity contribution in [1.29, 1.82) is 0 Å². The lowest BCUT2D eigenvalue weighted by Crippen LogP contribution is -2.38. The van der Waals surface area contributed by atoms with Gasteiger partial charge in [0, 0.05) is 37.8 Å². The normalized spacial score (nSPS) is 21.1. The van der Waals surface area contributed by atoms with Crippen molar-refractivity contribution in [2.75, 3.05) is 31.5 Å². The number of para-hydroxylation sites is 1. The first kappa shape index (κ1) is 12.3. The Kier molecular flexibility index (Phi) is 3.58. The fraction of sp³-hybridized carbons (Fsp3) is 0.533. The topological polar surface area (TPSA) is 44.4 Å². The van der Waals surface area contributed by atoms with Gasteiger partial charge in [-0.25, -0.2) is 4.79 Å². The molecule has 0 saturated carbocycles. The Balaban J connectivity index is 1.47. The van der Waals surface area contributed by atoms with Crippen LogP contribution in [-0.4, -0.2) is 37.1 Å². The van der Waals surface area contributed by atoms with E-state index in [-0.39, 0.29) is 6.03 Å². The second-order valence-electron chi connectivity index (χ2n) is 5.38. The number of hydrogen-bond donors (Lipinski definition) is 2. The summed E-state index contributed by atoms with van der Waals surface area (Å²) in [6, 6.07) is 8.56. The molecule has 0 radical (unpaired) electrons. The van der Waals surface area contributed by atoms with Gasteiger partial charge in [-0.15, -0.1) is 0 Å². The van der Waals surface area contributed by atoms with Crippen LogP contribution >= 0.6 is 0 Å². The van der Waals surface area contributed by atoms with Crippen LogP contribution in [0.4, 0.5) is 10.5 Å². The lowest BCUT2D eigenvalue weighted by molar-refractivity contribution is 0.208. The summed E-state index contributed by atoms with van der Waals surface area (Å²) in [5, 5.41) is 6.46. The molecule has 0 aliphatic carbocycles. The van der Waals surface area contributed by atoms with E-state index in [4.69, 9.17) is 0 Å². The summed E-state index contributed by atoms with van der Waals surface area (Å²) in [6.45, 7) is 3.58.